The molecule has 0 amide bonds. The van der Waals surface area contributed by atoms with Gasteiger partial charge in [0.1, 0.15) is 0 Å². The van der Waals surface area contributed by atoms with Crippen molar-refractivity contribution in [2.24, 2.45) is 11.7 Å². The molecular weight excluding hydrogens is 214 g/mol. The van der Waals surface area contributed by atoms with Crippen LogP contribution in [-0.4, -0.2) is 19.1 Å². The topological polar surface area (TPSA) is 52.3 Å². The van der Waals surface area contributed by atoms with Crippen LogP contribution in [0, 0.1) is 5.92 Å². The highest BCUT2D eigenvalue weighted by Gasteiger charge is 2.25. The Labute approximate surface area is 103 Å². The molecule has 0 heterocycles. The summed E-state index contributed by atoms with van der Waals surface area (Å²) in [7, 11) is 1.42. The maximum atomic E-state index is 11.6. The Balaban J connectivity index is 2.65. The van der Waals surface area contributed by atoms with Crippen LogP contribution in [0.25, 0.3) is 0 Å². The number of esters is 1. The zero-order chi connectivity index (χ0) is 12.7. The van der Waals surface area contributed by atoms with Gasteiger partial charge in [0, 0.05) is 6.04 Å². The van der Waals surface area contributed by atoms with E-state index in [1.165, 1.54) is 7.11 Å². The van der Waals surface area contributed by atoms with Gasteiger partial charge in [-0.1, -0.05) is 43.7 Å². The zero-order valence-corrected chi connectivity index (χ0v) is 10.6. The highest BCUT2D eigenvalue weighted by molar-refractivity contribution is 5.73. The molecule has 1 aromatic rings. The van der Waals surface area contributed by atoms with Gasteiger partial charge in [-0.2, -0.15) is 0 Å². The lowest BCUT2D eigenvalue weighted by Crippen LogP contribution is -2.38. The molecule has 0 aromatic heterocycles. The highest BCUT2D eigenvalue weighted by Crippen LogP contribution is 2.16. The van der Waals surface area contributed by atoms with Gasteiger partial charge in [-0.15, -0.1) is 0 Å². The third-order valence-corrected chi connectivity index (χ3v) is 2.93. The monoisotopic (exact) mass is 235 g/mol. The van der Waals surface area contributed by atoms with Gasteiger partial charge >= 0.3 is 5.97 Å². The van der Waals surface area contributed by atoms with Crippen LogP contribution in [0.2, 0.25) is 0 Å². The summed E-state index contributed by atoms with van der Waals surface area (Å²) in [6.45, 7) is 2.05. The molecule has 1 rings (SSSR count). The van der Waals surface area contributed by atoms with Gasteiger partial charge in [0.25, 0.3) is 0 Å². The largest absolute Gasteiger partial charge is 0.469 e. The number of hydrogen-bond acceptors (Lipinski definition) is 3. The van der Waals surface area contributed by atoms with Gasteiger partial charge in [-0.25, -0.2) is 0 Å². The van der Waals surface area contributed by atoms with Crippen molar-refractivity contribution in [3.8, 4) is 0 Å². The molecule has 2 atom stereocenters. The summed E-state index contributed by atoms with van der Waals surface area (Å²) in [5.41, 5.74) is 7.27. The van der Waals surface area contributed by atoms with E-state index >= 15 is 0 Å². The molecule has 0 spiro atoms. The van der Waals surface area contributed by atoms with Crippen LogP contribution in [0.15, 0.2) is 30.3 Å². The van der Waals surface area contributed by atoms with Crippen molar-refractivity contribution in [1.82, 2.24) is 0 Å². The van der Waals surface area contributed by atoms with Crippen molar-refractivity contribution < 1.29 is 9.53 Å². The van der Waals surface area contributed by atoms with Gasteiger partial charge in [-0.05, 0) is 18.4 Å². The Morgan fingerprint density at radius 3 is 2.53 bits per heavy atom. The van der Waals surface area contributed by atoms with E-state index < -0.39 is 0 Å². The molecule has 0 fully saturated rings. The fraction of sp³-hybridized carbons (Fsp3) is 0.500. The average Bonchev–Trinajstić information content (AvgIpc) is 2.36. The zero-order valence-electron chi connectivity index (χ0n) is 10.6. The molecule has 1 aromatic carbocycles. The summed E-state index contributed by atoms with van der Waals surface area (Å²) in [5.74, 6) is -0.402. The third-order valence-electron chi connectivity index (χ3n) is 2.93. The summed E-state index contributed by atoms with van der Waals surface area (Å²) < 4.78 is 4.80. The van der Waals surface area contributed by atoms with Gasteiger partial charge in [0.05, 0.1) is 13.0 Å². The molecule has 3 nitrogen and oxygen atoms in total. The molecule has 0 aliphatic heterocycles. The van der Waals surface area contributed by atoms with E-state index in [-0.39, 0.29) is 17.9 Å². The molecule has 94 valence electrons. The first-order valence-corrected chi connectivity index (χ1v) is 6.06. The lowest BCUT2D eigenvalue weighted by molar-refractivity contribution is -0.146. The minimum absolute atomic E-state index is 0.176. The number of benzene rings is 1. The second kappa shape index (κ2) is 7.07. The molecule has 0 bridgehead atoms. The lowest BCUT2D eigenvalue weighted by Gasteiger charge is -2.21. The Bertz CT molecular complexity index is 337. The Morgan fingerprint density at radius 1 is 1.35 bits per heavy atom. The predicted molar refractivity (Wildman–Crippen MR) is 68.5 cm³/mol. The van der Waals surface area contributed by atoms with Crippen LogP contribution in [0.3, 0.4) is 0 Å². The number of nitrogens with two attached hydrogens (primary N) is 1. The maximum absolute atomic E-state index is 11.6. The first-order valence-electron chi connectivity index (χ1n) is 6.06. The van der Waals surface area contributed by atoms with Crippen LogP contribution < -0.4 is 5.73 Å². The molecule has 0 aliphatic rings. The van der Waals surface area contributed by atoms with E-state index in [1.54, 1.807) is 0 Å². The van der Waals surface area contributed by atoms with Gasteiger partial charge in [-0.3, -0.25) is 4.79 Å². The minimum Gasteiger partial charge on any atom is -0.469 e. The smallest absolute Gasteiger partial charge is 0.310 e. The SMILES string of the molecule is CCC[C@@H](C(=O)OC)[C@H](N)Cc1ccccc1. The van der Waals surface area contributed by atoms with Crippen molar-refractivity contribution in [2.75, 3.05) is 7.11 Å². The summed E-state index contributed by atoms with van der Waals surface area (Å²) in [6.07, 6.45) is 2.42. The van der Waals surface area contributed by atoms with Crippen LogP contribution in [0.4, 0.5) is 0 Å². The van der Waals surface area contributed by atoms with E-state index in [9.17, 15) is 4.79 Å². The van der Waals surface area contributed by atoms with Crippen molar-refractivity contribution >= 4 is 5.97 Å². The molecule has 0 saturated carbocycles. The number of carbonyl (C=O) groups is 1. The third kappa shape index (κ3) is 4.19. The van der Waals surface area contributed by atoms with E-state index in [0.717, 1.165) is 18.4 Å². The van der Waals surface area contributed by atoms with Crippen LogP contribution in [0.1, 0.15) is 25.3 Å². The fourth-order valence-electron chi connectivity index (χ4n) is 2.00. The van der Waals surface area contributed by atoms with Crippen LogP contribution >= 0.6 is 0 Å². The van der Waals surface area contributed by atoms with Gasteiger partial charge < -0.3 is 10.5 Å². The Hall–Kier alpha value is -1.35. The highest BCUT2D eigenvalue weighted by atomic mass is 16.5. The number of ether oxygens (including phenoxy) is 1. The Morgan fingerprint density at radius 2 is 2.00 bits per heavy atom. The Kier molecular flexibility index (Phi) is 5.70. The quantitative estimate of drug-likeness (QED) is 0.769. The van der Waals surface area contributed by atoms with E-state index in [1.807, 2.05) is 37.3 Å². The predicted octanol–water partition coefficient (Wildman–Crippen LogP) is 2.15. The second-order valence-electron chi connectivity index (χ2n) is 4.27. The average molecular weight is 235 g/mol. The molecular formula is C14H21NO2. The summed E-state index contributed by atoms with van der Waals surface area (Å²) in [4.78, 5) is 11.6. The van der Waals surface area contributed by atoms with Crippen molar-refractivity contribution in [3.63, 3.8) is 0 Å². The molecule has 0 aliphatic carbocycles. The molecule has 0 unspecified atom stereocenters. The van der Waals surface area contributed by atoms with Crippen LogP contribution in [0.5, 0.6) is 0 Å². The summed E-state index contributed by atoms with van der Waals surface area (Å²) in [6, 6.07) is 9.81. The minimum atomic E-state index is -0.204. The second-order valence-corrected chi connectivity index (χ2v) is 4.27. The number of hydrogen-bond donors (Lipinski definition) is 1. The first kappa shape index (κ1) is 13.7. The van der Waals surface area contributed by atoms with E-state index in [0.29, 0.717) is 6.42 Å². The fourth-order valence-corrected chi connectivity index (χ4v) is 2.00. The molecule has 0 saturated heterocycles. The molecule has 17 heavy (non-hydrogen) atoms. The van der Waals surface area contributed by atoms with Crippen LogP contribution in [-0.2, 0) is 16.0 Å². The number of rotatable bonds is 6. The summed E-state index contributed by atoms with van der Waals surface area (Å²) in [5, 5.41) is 0. The van der Waals surface area contributed by atoms with Gasteiger partial charge in [0.2, 0.25) is 0 Å². The number of carbonyl (C=O) groups excluding carboxylic acids is 1. The van der Waals surface area contributed by atoms with E-state index in [4.69, 9.17) is 10.5 Å². The summed E-state index contributed by atoms with van der Waals surface area (Å²) >= 11 is 0. The van der Waals surface area contributed by atoms with Crippen molar-refractivity contribution in [1.29, 1.82) is 0 Å². The molecule has 0 radical (unpaired) electrons. The first-order chi connectivity index (χ1) is 8.19. The van der Waals surface area contributed by atoms with E-state index in [2.05, 4.69) is 0 Å². The maximum Gasteiger partial charge on any atom is 0.310 e. The number of methoxy groups -OCH3 is 1. The standard InChI is InChI=1S/C14H21NO2/c1-3-7-12(14(16)17-2)13(15)10-11-8-5-4-6-9-11/h4-6,8-9,12-13H,3,7,10,15H2,1-2H3/t12-,13-/m1/s1. The van der Waals surface area contributed by atoms with Crippen molar-refractivity contribution in [2.45, 2.75) is 32.2 Å². The van der Waals surface area contributed by atoms with Crippen molar-refractivity contribution in [3.05, 3.63) is 35.9 Å². The normalized spacial score (nSPS) is 14.1. The van der Waals surface area contributed by atoms with Gasteiger partial charge in [0.15, 0.2) is 0 Å². The lowest BCUT2D eigenvalue weighted by atomic mass is 9.91. The molecule has 3 heteroatoms. The molecule has 2 N–H and O–H groups in total.